The van der Waals surface area contributed by atoms with Crippen molar-refractivity contribution in [1.82, 2.24) is 0 Å². The lowest BCUT2D eigenvalue weighted by Gasteiger charge is -2.08. The molecule has 0 heterocycles. The fourth-order valence-corrected chi connectivity index (χ4v) is 2.95. The highest BCUT2D eigenvalue weighted by Crippen LogP contribution is 2.38. The largest absolute Gasteiger partial charge is 0.506 e. The number of benzene rings is 3. The molecule has 0 spiro atoms. The van der Waals surface area contributed by atoms with Crippen LogP contribution in [0, 0.1) is 5.88 Å². The molecule has 3 aromatic carbocycles. The number of halogens is 1. The van der Waals surface area contributed by atoms with E-state index in [4.69, 9.17) is 11.6 Å². The van der Waals surface area contributed by atoms with Gasteiger partial charge in [0.05, 0.1) is 5.69 Å². The van der Waals surface area contributed by atoms with Crippen LogP contribution in [0.5, 0.6) is 5.75 Å². The standard InChI is InChI=1S/C21H20ClN3O/c1-3-15-6-4-5-7-19(15)23-24-21-18-14-17(25(2)13-12-22)10-8-16(18)9-11-20(21)26/h4-12,14,26H,2-3,13H2,1H3. The van der Waals surface area contributed by atoms with Crippen molar-refractivity contribution < 1.29 is 9.68 Å². The number of azo groups is 1. The van der Waals surface area contributed by atoms with Crippen molar-refractivity contribution in [2.45, 2.75) is 13.3 Å². The molecule has 0 aliphatic rings. The third kappa shape index (κ3) is 3.75. The predicted octanol–water partition coefficient (Wildman–Crippen LogP) is 6.27. The fourth-order valence-electron chi connectivity index (χ4n) is 2.78. The fraction of sp³-hybridized carbons (Fsp3) is 0.143. The van der Waals surface area contributed by atoms with Crippen molar-refractivity contribution in [3.05, 3.63) is 66.0 Å². The molecule has 0 aliphatic carbocycles. The van der Waals surface area contributed by atoms with Gasteiger partial charge in [-0.3, -0.25) is 0 Å². The highest BCUT2D eigenvalue weighted by molar-refractivity contribution is 6.23. The third-order valence-corrected chi connectivity index (χ3v) is 4.38. The summed E-state index contributed by atoms with van der Waals surface area (Å²) < 4.78 is 1.77. The molecule has 5 heteroatoms. The lowest BCUT2D eigenvalue weighted by atomic mass is 10.1. The van der Waals surface area contributed by atoms with Gasteiger partial charge in [-0.1, -0.05) is 31.2 Å². The summed E-state index contributed by atoms with van der Waals surface area (Å²) in [5.41, 5.74) is 3.24. The summed E-state index contributed by atoms with van der Waals surface area (Å²) in [5.74, 6) is 1.61. The molecule has 0 radical (unpaired) electrons. The lowest BCUT2D eigenvalue weighted by molar-refractivity contribution is -0.420. The molecule has 0 atom stereocenters. The van der Waals surface area contributed by atoms with Crippen molar-refractivity contribution in [2.75, 3.05) is 6.54 Å². The minimum atomic E-state index is 0.0897. The van der Waals surface area contributed by atoms with Gasteiger partial charge in [0.2, 0.25) is 5.69 Å². The van der Waals surface area contributed by atoms with Gasteiger partial charge in [-0.05, 0) is 35.6 Å². The van der Waals surface area contributed by atoms with E-state index in [-0.39, 0.29) is 5.75 Å². The Morgan fingerprint density at radius 1 is 1.12 bits per heavy atom. The maximum atomic E-state index is 10.3. The Morgan fingerprint density at radius 3 is 2.65 bits per heavy atom. The Bertz CT molecular complexity index is 982. The molecule has 0 fully saturated rings. The zero-order valence-corrected chi connectivity index (χ0v) is 15.3. The molecule has 0 saturated carbocycles. The van der Waals surface area contributed by atoms with Gasteiger partial charge in [0.25, 0.3) is 0 Å². The first kappa shape index (κ1) is 18.1. The van der Waals surface area contributed by atoms with E-state index in [1.54, 1.807) is 10.6 Å². The molecule has 3 rings (SSSR count). The van der Waals surface area contributed by atoms with Crippen LogP contribution >= 0.6 is 11.6 Å². The van der Waals surface area contributed by atoms with Crippen LogP contribution in [-0.2, 0) is 6.42 Å². The van der Waals surface area contributed by atoms with E-state index in [2.05, 4.69) is 23.9 Å². The van der Waals surface area contributed by atoms with E-state index < -0.39 is 0 Å². The van der Waals surface area contributed by atoms with Gasteiger partial charge in [0.1, 0.15) is 18.2 Å². The first-order valence-corrected chi connectivity index (χ1v) is 8.83. The second kappa shape index (κ2) is 8.11. The highest BCUT2D eigenvalue weighted by Gasteiger charge is 2.11. The molecule has 0 saturated heterocycles. The predicted molar refractivity (Wildman–Crippen MR) is 108 cm³/mol. The number of hydrogen-bond acceptors (Lipinski definition) is 3. The second-order valence-electron chi connectivity index (χ2n) is 5.90. The minimum absolute atomic E-state index is 0.0897. The average molecular weight is 366 g/mol. The molecule has 132 valence electrons. The highest BCUT2D eigenvalue weighted by atomic mass is 35.5. The number of aryl methyl sites for hydroxylation is 1. The van der Waals surface area contributed by atoms with Crippen LogP contribution in [-0.4, -0.2) is 22.9 Å². The van der Waals surface area contributed by atoms with Gasteiger partial charge in [-0.15, -0.1) is 5.11 Å². The van der Waals surface area contributed by atoms with E-state index in [0.29, 0.717) is 12.2 Å². The van der Waals surface area contributed by atoms with E-state index >= 15 is 0 Å². The first-order chi connectivity index (χ1) is 12.6. The molecule has 26 heavy (non-hydrogen) atoms. The van der Waals surface area contributed by atoms with Crippen molar-refractivity contribution in [1.29, 1.82) is 0 Å². The van der Waals surface area contributed by atoms with Crippen LogP contribution in [0.4, 0.5) is 17.1 Å². The molecule has 4 nitrogen and oxygen atoms in total. The Hall–Kier alpha value is -2.72. The van der Waals surface area contributed by atoms with Gasteiger partial charge in [0, 0.05) is 24.1 Å². The van der Waals surface area contributed by atoms with Crippen LogP contribution in [0.1, 0.15) is 12.5 Å². The Balaban J connectivity index is 2.09. The summed E-state index contributed by atoms with van der Waals surface area (Å²) in [7, 11) is 0. The van der Waals surface area contributed by atoms with Crippen LogP contribution in [0.3, 0.4) is 0 Å². The van der Waals surface area contributed by atoms with Gasteiger partial charge >= 0.3 is 0 Å². The molecule has 0 amide bonds. The van der Waals surface area contributed by atoms with Crippen molar-refractivity contribution in [3.8, 4) is 5.75 Å². The van der Waals surface area contributed by atoms with Gasteiger partial charge in [0.15, 0.2) is 0 Å². The molecule has 3 aromatic rings. The average Bonchev–Trinajstić information content (AvgIpc) is 2.67. The SMILES string of the molecule is C=[N+](C[CH-]Cl)c1ccc2ccc(O)c(N=Nc3ccccc3CC)c2c1. The molecule has 0 aliphatic heterocycles. The summed E-state index contributed by atoms with van der Waals surface area (Å²) in [6.07, 6.45) is 0.867. The van der Waals surface area contributed by atoms with Crippen molar-refractivity contribution in [2.24, 2.45) is 10.2 Å². The van der Waals surface area contributed by atoms with Crippen molar-refractivity contribution in [3.63, 3.8) is 0 Å². The molecule has 1 N–H and O–H groups in total. The third-order valence-electron chi connectivity index (χ3n) is 4.24. The molecule has 0 unspecified atom stereocenters. The van der Waals surface area contributed by atoms with Crippen LogP contribution in [0.25, 0.3) is 10.8 Å². The number of aromatic hydroxyl groups is 1. The Labute approximate surface area is 158 Å². The summed E-state index contributed by atoms with van der Waals surface area (Å²) in [5, 5.41) is 20.8. The van der Waals surface area contributed by atoms with Gasteiger partial charge < -0.3 is 16.7 Å². The number of fused-ring (bicyclic) bond motifs is 1. The maximum Gasteiger partial charge on any atom is 0.203 e. The molecular formula is C21H20ClN3O. The number of rotatable bonds is 6. The molecular weight excluding hydrogens is 346 g/mol. The van der Waals surface area contributed by atoms with Gasteiger partial charge in [-0.25, -0.2) is 4.58 Å². The van der Waals surface area contributed by atoms with E-state index in [0.717, 1.165) is 34.1 Å². The number of phenolic OH excluding ortho intramolecular Hbond substituents is 1. The summed E-state index contributed by atoms with van der Waals surface area (Å²) in [6, 6.07) is 17.2. The summed E-state index contributed by atoms with van der Waals surface area (Å²) in [6.45, 7) is 6.56. The van der Waals surface area contributed by atoms with Crippen LogP contribution in [0.15, 0.2) is 64.8 Å². The normalized spacial score (nSPS) is 11.3. The van der Waals surface area contributed by atoms with Gasteiger partial charge in [-0.2, -0.15) is 11.0 Å². The van der Waals surface area contributed by atoms with E-state index in [9.17, 15) is 5.11 Å². The number of hydrogen-bond donors (Lipinski definition) is 1. The molecule has 0 aromatic heterocycles. The summed E-state index contributed by atoms with van der Waals surface area (Å²) in [4.78, 5) is 0. The minimum Gasteiger partial charge on any atom is -0.506 e. The Kier molecular flexibility index (Phi) is 5.64. The monoisotopic (exact) mass is 365 g/mol. The van der Waals surface area contributed by atoms with Crippen molar-refractivity contribution >= 4 is 46.2 Å². The number of nitrogens with zero attached hydrogens (tertiary/aromatic N) is 3. The maximum absolute atomic E-state index is 10.3. The second-order valence-corrected chi connectivity index (χ2v) is 6.21. The quantitative estimate of drug-likeness (QED) is 0.238. The Morgan fingerprint density at radius 2 is 1.88 bits per heavy atom. The zero-order chi connectivity index (χ0) is 18.5. The summed E-state index contributed by atoms with van der Waals surface area (Å²) >= 11 is 5.69. The smallest absolute Gasteiger partial charge is 0.203 e. The molecule has 0 bridgehead atoms. The van der Waals surface area contributed by atoms with Crippen LogP contribution < -0.4 is 0 Å². The lowest BCUT2D eigenvalue weighted by Crippen LogP contribution is -2.02. The number of phenols is 1. The first-order valence-electron chi connectivity index (χ1n) is 8.39. The topological polar surface area (TPSA) is 48.0 Å². The van der Waals surface area contributed by atoms with Crippen LogP contribution in [0.2, 0.25) is 0 Å². The van der Waals surface area contributed by atoms with E-state index in [1.165, 1.54) is 5.88 Å². The van der Waals surface area contributed by atoms with E-state index in [1.807, 2.05) is 48.5 Å². The zero-order valence-electron chi connectivity index (χ0n) is 14.6.